The number of benzene rings is 1. The van der Waals surface area contributed by atoms with Gasteiger partial charge in [-0.2, -0.15) is 0 Å². The smallest absolute Gasteiger partial charge is 0.309 e. The lowest BCUT2D eigenvalue weighted by Gasteiger charge is -2.32. The predicted molar refractivity (Wildman–Crippen MR) is 108 cm³/mol. The fraction of sp³-hybridized carbons (Fsp3) is 0.550. The Bertz CT molecular complexity index is 718. The molecule has 1 aromatic rings. The van der Waals surface area contributed by atoms with Crippen LogP contribution in [0.3, 0.4) is 0 Å². The van der Waals surface area contributed by atoms with Gasteiger partial charge in [0.05, 0.1) is 19.1 Å². The van der Waals surface area contributed by atoms with E-state index in [1.54, 1.807) is 37.1 Å². The molecule has 0 unspecified atom stereocenters. The van der Waals surface area contributed by atoms with Gasteiger partial charge in [-0.25, -0.2) is 0 Å². The lowest BCUT2D eigenvalue weighted by molar-refractivity contribution is -0.151. The second kappa shape index (κ2) is 10.7. The molecule has 2 amide bonds. The summed E-state index contributed by atoms with van der Waals surface area (Å²) in [6, 6.07) is 5.19. The van der Waals surface area contributed by atoms with Crippen LogP contribution in [0.4, 0.5) is 0 Å². The molecule has 0 aromatic heterocycles. The van der Waals surface area contributed by atoms with E-state index in [1.165, 1.54) is 4.90 Å². The fourth-order valence-electron chi connectivity index (χ4n) is 3.17. The van der Waals surface area contributed by atoms with Gasteiger partial charge in [0, 0.05) is 36.6 Å². The molecule has 0 saturated carbocycles. The number of carbonyl (C=O) groups is 3. The van der Waals surface area contributed by atoms with Gasteiger partial charge >= 0.3 is 5.97 Å². The van der Waals surface area contributed by atoms with Crippen molar-refractivity contribution in [3.63, 3.8) is 0 Å². The number of rotatable bonds is 7. The first-order valence-electron chi connectivity index (χ1n) is 9.44. The maximum Gasteiger partial charge on any atom is 0.309 e. The third-order valence-corrected chi connectivity index (χ3v) is 5.48. The van der Waals surface area contributed by atoms with Crippen LogP contribution in [-0.2, 0) is 25.5 Å². The van der Waals surface area contributed by atoms with Crippen molar-refractivity contribution in [3.8, 4) is 0 Å². The van der Waals surface area contributed by atoms with Crippen LogP contribution >= 0.6 is 23.2 Å². The number of likely N-dealkylation sites (tertiary alicyclic amines) is 1. The molecule has 2 rings (SSSR count). The molecule has 1 aliphatic heterocycles. The zero-order chi connectivity index (χ0) is 20.7. The lowest BCUT2D eigenvalue weighted by Crippen LogP contribution is -2.45. The van der Waals surface area contributed by atoms with Gasteiger partial charge in [0.2, 0.25) is 11.8 Å². The Morgan fingerprint density at radius 1 is 1.21 bits per heavy atom. The number of ether oxygens (including phenoxy) is 1. The van der Waals surface area contributed by atoms with E-state index >= 15 is 0 Å². The Balaban J connectivity index is 1.77. The molecule has 0 atom stereocenters. The first kappa shape index (κ1) is 22.5. The molecular weight excluding hydrogens is 403 g/mol. The number of piperidine rings is 1. The van der Waals surface area contributed by atoms with Crippen LogP contribution in [0, 0.1) is 5.92 Å². The summed E-state index contributed by atoms with van der Waals surface area (Å²) in [6.07, 6.45) is 1.93. The number of nitrogens with zero attached hydrogens (tertiary/aromatic N) is 2. The monoisotopic (exact) mass is 428 g/mol. The van der Waals surface area contributed by atoms with Crippen LogP contribution in [0.2, 0.25) is 10.0 Å². The summed E-state index contributed by atoms with van der Waals surface area (Å²) < 4.78 is 5.04. The molecule has 6 nitrogen and oxygen atoms in total. The summed E-state index contributed by atoms with van der Waals surface area (Å²) in [6.45, 7) is 3.18. The van der Waals surface area contributed by atoms with E-state index in [2.05, 4.69) is 0 Å². The molecule has 1 aliphatic rings. The lowest BCUT2D eigenvalue weighted by atomic mass is 9.97. The number of hydrogen-bond acceptors (Lipinski definition) is 4. The van der Waals surface area contributed by atoms with E-state index in [0.717, 1.165) is 5.56 Å². The van der Waals surface area contributed by atoms with Crippen LogP contribution in [0.25, 0.3) is 0 Å². The van der Waals surface area contributed by atoms with E-state index in [9.17, 15) is 14.4 Å². The van der Waals surface area contributed by atoms with E-state index in [0.29, 0.717) is 49.0 Å². The second-order valence-electron chi connectivity index (χ2n) is 6.89. The van der Waals surface area contributed by atoms with Gasteiger partial charge in [-0.3, -0.25) is 14.4 Å². The first-order chi connectivity index (χ1) is 13.3. The number of amides is 2. The van der Waals surface area contributed by atoms with Gasteiger partial charge in [0.25, 0.3) is 0 Å². The summed E-state index contributed by atoms with van der Waals surface area (Å²) in [5.74, 6) is -0.571. The van der Waals surface area contributed by atoms with E-state index in [4.69, 9.17) is 27.9 Å². The van der Waals surface area contributed by atoms with Crippen molar-refractivity contribution >= 4 is 41.0 Å². The molecule has 0 aliphatic carbocycles. The van der Waals surface area contributed by atoms with Crippen LogP contribution in [0.15, 0.2) is 18.2 Å². The number of aryl methyl sites for hydroxylation is 1. The largest absolute Gasteiger partial charge is 0.466 e. The molecule has 1 aromatic carbocycles. The number of hydrogen-bond donors (Lipinski definition) is 0. The Morgan fingerprint density at radius 2 is 1.89 bits per heavy atom. The molecule has 1 saturated heterocycles. The average molecular weight is 429 g/mol. The summed E-state index contributed by atoms with van der Waals surface area (Å²) in [5, 5.41) is 1.08. The fourth-order valence-corrected chi connectivity index (χ4v) is 3.68. The summed E-state index contributed by atoms with van der Waals surface area (Å²) >= 11 is 12.0. The maximum absolute atomic E-state index is 12.5. The van der Waals surface area contributed by atoms with Crippen LogP contribution in [0.5, 0.6) is 0 Å². The van der Waals surface area contributed by atoms with Crippen LogP contribution in [0.1, 0.15) is 31.7 Å². The van der Waals surface area contributed by atoms with Crippen molar-refractivity contribution in [1.29, 1.82) is 0 Å². The highest BCUT2D eigenvalue weighted by atomic mass is 35.5. The summed E-state index contributed by atoms with van der Waals surface area (Å²) in [4.78, 5) is 39.7. The standard InChI is InChI=1S/C20H26Cl2N2O4/c1-3-28-20(27)15-8-10-24(11-9-15)19(26)13-23(2)18(25)7-5-14-4-6-16(21)12-17(14)22/h4,6,12,15H,3,5,7-11,13H2,1-2H3. The number of halogens is 2. The highest BCUT2D eigenvalue weighted by Crippen LogP contribution is 2.22. The second-order valence-corrected chi connectivity index (χ2v) is 7.74. The zero-order valence-electron chi connectivity index (χ0n) is 16.2. The quantitative estimate of drug-likeness (QED) is 0.625. The minimum absolute atomic E-state index is 0.0251. The highest BCUT2D eigenvalue weighted by molar-refractivity contribution is 6.35. The minimum atomic E-state index is -0.192. The third-order valence-electron chi connectivity index (χ3n) is 4.89. The van der Waals surface area contributed by atoms with Crippen LogP contribution in [-0.4, -0.2) is 60.9 Å². The van der Waals surface area contributed by atoms with Gasteiger partial charge in [0.15, 0.2) is 0 Å². The Morgan fingerprint density at radius 3 is 2.50 bits per heavy atom. The van der Waals surface area contributed by atoms with Gasteiger partial charge < -0.3 is 14.5 Å². The molecule has 1 heterocycles. The molecule has 0 radical (unpaired) electrons. The molecule has 1 fully saturated rings. The number of carbonyl (C=O) groups excluding carboxylic acids is 3. The number of likely N-dealkylation sites (N-methyl/N-ethyl adjacent to an activating group) is 1. The van der Waals surface area contributed by atoms with Crippen molar-refractivity contribution in [2.24, 2.45) is 5.92 Å². The van der Waals surface area contributed by atoms with Gasteiger partial charge in [-0.15, -0.1) is 0 Å². The summed E-state index contributed by atoms with van der Waals surface area (Å²) in [7, 11) is 1.62. The Labute approximate surface area is 175 Å². The molecule has 28 heavy (non-hydrogen) atoms. The summed E-state index contributed by atoms with van der Waals surface area (Å²) in [5.41, 5.74) is 0.847. The van der Waals surface area contributed by atoms with Crippen molar-refractivity contribution in [2.45, 2.75) is 32.6 Å². The van der Waals surface area contributed by atoms with Crippen LogP contribution < -0.4 is 0 Å². The molecule has 0 N–H and O–H groups in total. The zero-order valence-corrected chi connectivity index (χ0v) is 17.8. The van der Waals surface area contributed by atoms with Gasteiger partial charge in [0.1, 0.15) is 0 Å². The predicted octanol–water partition coefficient (Wildman–Crippen LogP) is 3.19. The molecule has 0 bridgehead atoms. The highest BCUT2D eigenvalue weighted by Gasteiger charge is 2.28. The minimum Gasteiger partial charge on any atom is -0.466 e. The Kier molecular flexibility index (Phi) is 8.58. The molecule has 8 heteroatoms. The van der Waals surface area contributed by atoms with Crippen molar-refractivity contribution in [2.75, 3.05) is 33.3 Å². The van der Waals surface area contributed by atoms with Gasteiger partial charge in [-0.05, 0) is 43.9 Å². The van der Waals surface area contributed by atoms with E-state index < -0.39 is 0 Å². The first-order valence-corrected chi connectivity index (χ1v) is 10.2. The SMILES string of the molecule is CCOC(=O)C1CCN(C(=O)CN(C)C(=O)CCc2ccc(Cl)cc2Cl)CC1. The maximum atomic E-state index is 12.5. The molecule has 154 valence electrons. The van der Waals surface area contributed by atoms with E-state index in [1.807, 2.05) is 0 Å². The third kappa shape index (κ3) is 6.38. The normalized spacial score (nSPS) is 14.6. The molecule has 0 spiro atoms. The Hall–Kier alpha value is -1.79. The van der Waals surface area contributed by atoms with Gasteiger partial charge in [-0.1, -0.05) is 29.3 Å². The number of esters is 1. The van der Waals surface area contributed by atoms with Crippen molar-refractivity contribution in [3.05, 3.63) is 33.8 Å². The van der Waals surface area contributed by atoms with Crippen molar-refractivity contribution < 1.29 is 19.1 Å². The molecular formula is C20H26Cl2N2O4. The topological polar surface area (TPSA) is 66.9 Å². The average Bonchev–Trinajstić information content (AvgIpc) is 2.67. The van der Waals surface area contributed by atoms with E-state index in [-0.39, 0.29) is 36.7 Å². The van der Waals surface area contributed by atoms with Crippen molar-refractivity contribution in [1.82, 2.24) is 9.80 Å².